The fourth-order valence-electron chi connectivity index (χ4n) is 4.26. The molecule has 3 aromatic rings. The number of carbonyl (C=O) groups is 1. The molecule has 0 aliphatic heterocycles. The van der Waals surface area contributed by atoms with Crippen molar-refractivity contribution in [2.75, 3.05) is 5.32 Å². The predicted molar refractivity (Wildman–Crippen MR) is 136 cm³/mol. The van der Waals surface area contributed by atoms with Gasteiger partial charge in [-0.05, 0) is 65.7 Å². The molecule has 0 aromatic heterocycles. The second-order valence-electron chi connectivity index (χ2n) is 9.48. The average molecular weight is 443 g/mol. The Kier molecular flexibility index (Phi) is 6.43. The van der Waals surface area contributed by atoms with Crippen molar-refractivity contribution in [3.05, 3.63) is 101 Å². The average Bonchev–Trinajstić information content (AvgIpc) is 2.78. The Morgan fingerprint density at radius 3 is 2.44 bits per heavy atom. The highest BCUT2D eigenvalue weighted by Crippen LogP contribution is 2.29. The van der Waals surface area contributed by atoms with Crippen molar-refractivity contribution in [3.63, 3.8) is 0 Å². The maximum absolute atomic E-state index is 13.0. The summed E-state index contributed by atoms with van der Waals surface area (Å²) in [6.07, 6.45) is 3.33. The Morgan fingerprint density at radius 1 is 0.938 bits per heavy atom. The van der Waals surface area contributed by atoms with Crippen molar-refractivity contribution in [1.82, 2.24) is 5.32 Å². The van der Waals surface area contributed by atoms with E-state index in [-0.39, 0.29) is 17.2 Å². The van der Waals surface area contributed by atoms with Gasteiger partial charge in [0, 0.05) is 16.8 Å². The van der Waals surface area contributed by atoms with Crippen LogP contribution in [0, 0.1) is 0 Å². The van der Waals surface area contributed by atoms with Crippen LogP contribution in [-0.4, -0.2) is 10.9 Å². The number of rotatable bonds is 4. The van der Waals surface area contributed by atoms with Crippen molar-refractivity contribution in [3.8, 4) is 0 Å². The molecule has 0 spiro atoms. The molecule has 2 N–H and O–H groups in total. The lowest BCUT2D eigenvalue weighted by atomic mass is 9.86. The third kappa shape index (κ3) is 5.08. The van der Waals surface area contributed by atoms with Crippen molar-refractivity contribution < 1.29 is 4.79 Å². The molecule has 1 atom stereocenters. The Hall–Kier alpha value is -2.98. The second-order valence-corrected chi connectivity index (χ2v) is 9.89. The van der Waals surface area contributed by atoms with Gasteiger partial charge in [-0.25, -0.2) is 0 Å². The highest BCUT2D eigenvalue weighted by molar-refractivity contribution is 7.80. The van der Waals surface area contributed by atoms with Crippen LogP contribution >= 0.6 is 12.2 Å². The summed E-state index contributed by atoms with van der Waals surface area (Å²) in [7, 11) is 0. The molecule has 0 saturated heterocycles. The quantitative estimate of drug-likeness (QED) is 0.354. The molecule has 0 fully saturated rings. The molecule has 32 heavy (non-hydrogen) atoms. The minimum atomic E-state index is 0.00851. The standard InChI is InChI=1S/C28H30N2OS/c1-28(2,3)22-16-14-20(15-17-22)26(31)21-10-6-11-23(18-21)29-27(32)30-25-13-7-9-19-8-4-5-12-24(19)25/h4-6,8,10-12,14-18,25H,7,9,13H2,1-3H3,(H2,29,30,32). The maximum Gasteiger partial charge on any atom is 0.193 e. The third-order valence-corrected chi connectivity index (χ3v) is 6.29. The molecule has 4 rings (SSSR count). The van der Waals surface area contributed by atoms with Crippen LogP contribution in [0.3, 0.4) is 0 Å². The fourth-order valence-corrected chi connectivity index (χ4v) is 4.52. The van der Waals surface area contributed by atoms with E-state index in [1.54, 1.807) is 0 Å². The number of nitrogens with one attached hydrogen (secondary N) is 2. The second kappa shape index (κ2) is 9.25. The smallest absolute Gasteiger partial charge is 0.193 e. The van der Waals surface area contributed by atoms with E-state index in [9.17, 15) is 4.79 Å². The largest absolute Gasteiger partial charge is 0.356 e. The molecule has 1 aliphatic rings. The van der Waals surface area contributed by atoms with Crippen molar-refractivity contribution in [2.24, 2.45) is 0 Å². The number of ketones is 1. The third-order valence-electron chi connectivity index (χ3n) is 6.07. The first-order valence-corrected chi connectivity index (χ1v) is 11.6. The first-order valence-electron chi connectivity index (χ1n) is 11.2. The van der Waals surface area contributed by atoms with Crippen LogP contribution in [-0.2, 0) is 11.8 Å². The zero-order valence-electron chi connectivity index (χ0n) is 18.9. The summed E-state index contributed by atoms with van der Waals surface area (Å²) in [5.41, 5.74) is 6.13. The van der Waals surface area contributed by atoms with Crippen molar-refractivity contribution in [1.29, 1.82) is 0 Å². The molecular weight excluding hydrogens is 412 g/mol. The van der Waals surface area contributed by atoms with Gasteiger partial charge in [0.1, 0.15) is 0 Å². The van der Waals surface area contributed by atoms with Gasteiger partial charge in [0.05, 0.1) is 6.04 Å². The van der Waals surface area contributed by atoms with E-state index in [1.165, 1.54) is 16.7 Å². The van der Waals surface area contributed by atoms with Gasteiger partial charge in [0.15, 0.2) is 10.9 Å². The number of hydrogen-bond donors (Lipinski definition) is 2. The molecule has 164 valence electrons. The van der Waals surface area contributed by atoms with E-state index in [0.717, 1.165) is 24.9 Å². The normalized spacial score (nSPS) is 15.5. The molecule has 0 radical (unpaired) electrons. The number of hydrogen-bond acceptors (Lipinski definition) is 2. The maximum atomic E-state index is 13.0. The number of fused-ring (bicyclic) bond motifs is 1. The predicted octanol–water partition coefficient (Wildman–Crippen LogP) is 6.58. The van der Waals surface area contributed by atoms with Gasteiger partial charge in [-0.3, -0.25) is 4.79 Å². The van der Waals surface area contributed by atoms with Crippen LogP contribution in [0.1, 0.15) is 72.3 Å². The lowest BCUT2D eigenvalue weighted by Gasteiger charge is -2.27. The lowest BCUT2D eigenvalue weighted by Crippen LogP contribution is -2.34. The number of benzene rings is 3. The van der Waals surface area contributed by atoms with Gasteiger partial charge < -0.3 is 10.6 Å². The van der Waals surface area contributed by atoms with Crippen molar-refractivity contribution >= 4 is 28.8 Å². The summed E-state index contributed by atoms with van der Waals surface area (Å²) in [5.74, 6) is 0.00851. The van der Waals surface area contributed by atoms with Gasteiger partial charge in [-0.2, -0.15) is 0 Å². The molecule has 0 bridgehead atoms. The summed E-state index contributed by atoms with van der Waals surface area (Å²) >= 11 is 5.59. The van der Waals surface area contributed by atoms with Crippen molar-refractivity contribution in [2.45, 2.75) is 51.5 Å². The van der Waals surface area contributed by atoms with Gasteiger partial charge in [0.25, 0.3) is 0 Å². The number of anilines is 1. The van der Waals surface area contributed by atoms with Gasteiger partial charge in [0.2, 0.25) is 0 Å². The molecule has 1 unspecified atom stereocenters. The number of carbonyl (C=O) groups excluding carboxylic acids is 1. The van der Waals surface area contributed by atoms with Crippen LogP contribution < -0.4 is 10.6 Å². The van der Waals surface area contributed by atoms with Crippen LogP contribution in [0.25, 0.3) is 0 Å². The Bertz CT molecular complexity index is 1130. The van der Waals surface area contributed by atoms with Crippen LogP contribution in [0.2, 0.25) is 0 Å². The summed E-state index contributed by atoms with van der Waals surface area (Å²) < 4.78 is 0. The topological polar surface area (TPSA) is 41.1 Å². The number of aryl methyl sites for hydroxylation is 1. The van der Waals surface area contributed by atoms with E-state index in [1.807, 2.05) is 48.5 Å². The molecule has 4 heteroatoms. The molecule has 0 amide bonds. The Morgan fingerprint density at radius 2 is 1.69 bits per heavy atom. The lowest BCUT2D eigenvalue weighted by molar-refractivity contribution is 0.103. The van der Waals surface area contributed by atoms with Gasteiger partial charge in [-0.1, -0.05) is 81.4 Å². The van der Waals surface area contributed by atoms with Gasteiger partial charge in [-0.15, -0.1) is 0 Å². The highest BCUT2D eigenvalue weighted by Gasteiger charge is 2.20. The minimum Gasteiger partial charge on any atom is -0.356 e. The van der Waals surface area contributed by atoms with E-state index < -0.39 is 0 Å². The van der Waals surface area contributed by atoms with Crippen LogP contribution in [0.5, 0.6) is 0 Å². The summed E-state index contributed by atoms with van der Waals surface area (Å²) in [5, 5.41) is 7.30. The minimum absolute atomic E-state index is 0.00851. The van der Waals surface area contributed by atoms with E-state index in [4.69, 9.17) is 12.2 Å². The number of thiocarbonyl (C=S) groups is 1. The molecule has 0 heterocycles. The zero-order chi connectivity index (χ0) is 22.7. The SMILES string of the molecule is CC(C)(C)c1ccc(C(=O)c2cccc(NC(=S)NC3CCCc4ccccc43)c2)cc1. The Labute approximate surface area is 196 Å². The van der Waals surface area contributed by atoms with E-state index >= 15 is 0 Å². The molecule has 1 aliphatic carbocycles. The molecular formula is C28H30N2OS. The summed E-state index contributed by atoms with van der Waals surface area (Å²) in [6, 6.07) is 24.2. The molecule has 3 nitrogen and oxygen atoms in total. The zero-order valence-corrected chi connectivity index (χ0v) is 19.8. The fraction of sp³-hybridized carbons (Fsp3) is 0.286. The van der Waals surface area contributed by atoms with Crippen LogP contribution in [0.15, 0.2) is 72.8 Å². The first kappa shape index (κ1) is 22.2. The summed E-state index contributed by atoms with van der Waals surface area (Å²) in [6.45, 7) is 6.51. The first-order chi connectivity index (χ1) is 15.3. The van der Waals surface area contributed by atoms with Crippen LogP contribution in [0.4, 0.5) is 5.69 Å². The summed E-state index contributed by atoms with van der Waals surface area (Å²) in [4.78, 5) is 13.0. The van der Waals surface area contributed by atoms with E-state index in [2.05, 4.69) is 55.7 Å². The Balaban J connectivity index is 1.44. The monoisotopic (exact) mass is 442 g/mol. The van der Waals surface area contributed by atoms with E-state index in [0.29, 0.717) is 16.2 Å². The van der Waals surface area contributed by atoms with Gasteiger partial charge >= 0.3 is 0 Å². The highest BCUT2D eigenvalue weighted by atomic mass is 32.1. The molecule has 0 saturated carbocycles. The molecule has 3 aromatic carbocycles.